The first kappa shape index (κ1) is 17.1. The van der Waals surface area contributed by atoms with E-state index in [4.69, 9.17) is 5.11 Å². The molecule has 0 aliphatic heterocycles. The normalized spacial score (nSPS) is 12.6. The van der Waals surface area contributed by atoms with Gasteiger partial charge in [0.2, 0.25) is 10.0 Å². The van der Waals surface area contributed by atoms with Crippen molar-refractivity contribution in [1.82, 2.24) is 4.72 Å². The molecule has 6 heteroatoms. The number of thioether (sulfide) groups is 1. The number of hydrogen-bond acceptors (Lipinski definition) is 4. The number of aliphatic hydroxyl groups is 1. The summed E-state index contributed by atoms with van der Waals surface area (Å²) in [6.45, 7) is 2.39. The molecule has 0 aliphatic rings. The average molecular weight is 313 g/mol. The maximum atomic E-state index is 12.0. The zero-order valence-electron chi connectivity index (χ0n) is 11.6. The summed E-state index contributed by atoms with van der Waals surface area (Å²) in [6.07, 6.45) is 2.35. The molecule has 2 N–H and O–H groups in total. The van der Waals surface area contributed by atoms with Gasteiger partial charge in [0.15, 0.2) is 0 Å². The molecule has 0 fully saturated rings. The fourth-order valence-electron chi connectivity index (χ4n) is 1.33. The van der Waals surface area contributed by atoms with Gasteiger partial charge in [-0.3, -0.25) is 0 Å². The van der Waals surface area contributed by atoms with Gasteiger partial charge in [-0.05, 0) is 30.5 Å². The van der Waals surface area contributed by atoms with Crippen LogP contribution < -0.4 is 4.72 Å². The molecule has 0 saturated heterocycles. The maximum absolute atomic E-state index is 12.0. The summed E-state index contributed by atoms with van der Waals surface area (Å²) < 4.78 is 26.6. The van der Waals surface area contributed by atoms with Crippen molar-refractivity contribution < 1.29 is 13.5 Å². The van der Waals surface area contributed by atoms with Crippen molar-refractivity contribution in [3.8, 4) is 11.8 Å². The lowest BCUT2D eigenvalue weighted by Crippen LogP contribution is -2.29. The predicted molar refractivity (Wildman–Crippen MR) is 83.2 cm³/mol. The van der Waals surface area contributed by atoms with E-state index in [1.165, 1.54) is 12.1 Å². The second-order valence-electron chi connectivity index (χ2n) is 4.20. The number of hydrogen-bond donors (Lipinski definition) is 2. The van der Waals surface area contributed by atoms with E-state index in [9.17, 15) is 8.42 Å². The lowest BCUT2D eigenvalue weighted by Gasteiger charge is -2.10. The first-order valence-electron chi connectivity index (χ1n) is 6.22. The topological polar surface area (TPSA) is 66.4 Å². The van der Waals surface area contributed by atoms with Gasteiger partial charge in [0.05, 0.1) is 11.5 Å². The largest absolute Gasteiger partial charge is 0.395 e. The Morgan fingerprint density at radius 2 is 2.00 bits per heavy atom. The van der Waals surface area contributed by atoms with Gasteiger partial charge in [0.25, 0.3) is 0 Å². The molecule has 0 saturated carbocycles. The van der Waals surface area contributed by atoms with Gasteiger partial charge in [-0.2, -0.15) is 11.8 Å². The Morgan fingerprint density at radius 3 is 2.55 bits per heavy atom. The van der Waals surface area contributed by atoms with Gasteiger partial charge in [0.1, 0.15) is 0 Å². The Balaban J connectivity index is 2.75. The predicted octanol–water partition coefficient (Wildman–Crippen LogP) is 1.45. The smallest absolute Gasteiger partial charge is 0.240 e. The lowest BCUT2D eigenvalue weighted by molar-refractivity contribution is 0.305. The van der Waals surface area contributed by atoms with E-state index in [1.54, 1.807) is 23.9 Å². The van der Waals surface area contributed by atoms with E-state index in [0.29, 0.717) is 13.0 Å². The summed E-state index contributed by atoms with van der Waals surface area (Å²) in [5, 5.41) is 8.86. The number of sulfonamides is 1. The Labute approximate surface area is 125 Å². The van der Waals surface area contributed by atoms with E-state index in [2.05, 4.69) is 16.6 Å². The summed E-state index contributed by atoms with van der Waals surface area (Å²) >= 11 is 1.61. The number of aliphatic hydroxyl groups excluding tert-OH is 1. The molecule has 0 amide bonds. The van der Waals surface area contributed by atoms with E-state index in [1.807, 2.05) is 13.2 Å². The zero-order valence-corrected chi connectivity index (χ0v) is 13.2. The van der Waals surface area contributed by atoms with Gasteiger partial charge >= 0.3 is 0 Å². The number of benzene rings is 1. The quantitative estimate of drug-likeness (QED) is 0.780. The Hall–Kier alpha value is -1.00. The van der Waals surface area contributed by atoms with Crippen molar-refractivity contribution in [2.45, 2.75) is 23.5 Å². The van der Waals surface area contributed by atoms with Crippen LogP contribution in [0.3, 0.4) is 0 Å². The lowest BCUT2D eigenvalue weighted by atomic mass is 10.2. The van der Waals surface area contributed by atoms with Crippen molar-refractivity contribution in [3.05, 3.63) is 29.8 Å². The van der Waals surface area contributed by atoms with E-state index < -0.39 is 10.0 Å². The summed E-state index contributed by atoms with van der Waals surface area (Å²) in [7, 11) is -3.46. The van der Waals surface area contributed by atoms with Crippen LogP contribution in [0.15, 0.2) is 29.2 Å². The number of rotatable bonds is 6. The Bertz CT molecular complexity index is 571. The van der Waals surface area contributed by atoms with E-state index >= 15 is 0 Å². The molecule has 0 heterocycles. The van der Waals surface area contributed by atoms with Crippen LogP contribution in [0.25, 0.3) is 0 Å². The summed E-state index contributed by atoms with van der Waals surface area (Å²) in [6, 6.07) is 6.40. The van der Waals surface area contributed by atoms with Crippen LogP contribution in [0.5, 0.6) is 0 Å². The second kappa shape index (κ2) is 8.32. The molecule has 1 aromatic carbocycles. The molecular formula is C14H19NO3S2. The van der Waals surface area contributed by atoms with Crippen molar-refractivity contribution in [2.24, 2.45) is 0 Å². The van der Waals surface area contributed by atoms with Crippen LogP contribution in [-0.2, 0) is 10.0 Å². The summed E-state index contributed by atoms with van der Waals surface area (Å²) in [5.74, 6) is 5.64. The standard InChI is InChI=1S/C14H19NO3S2/c1-12(19-2)11-15-20(17,18)14-8-6-13(7-9-14)5-3-4-10-16/h6-9,12,15-16H,4,10-11H2,1-2H3. The van der Waals surface area contributed by atoms with Gasteiger partial charge in [0, 0.05) is 23.8 Å². The highest BCUT2D eigenvalue weighted by molar-refractivity contribution is 7.99. The number of nitrogens with one attached hydrogen (secondary N) is 1. The minimum Gasteiger partial charge on any atom is -0.395 e. The van der Waals surface area contributed by atoms with Gasteiger partial charge in [-0.15, -0.1) is 0 Å². The third-order valence-corrected chi connectivity index (χ3v) is 5.01. The Morgan fingerprint density at radius 1 is 1.35 bits per heavy atom. The molecule has 0 aromatic heterocycles. The van der Waals surface area contributed by atoms with Crippen molar-refractivity contribution in [3.63, 3.8) is 0 Å². The minimum atomic E-state index is -3.46. The molecular weight excluding hydrogens is 294 g/mol. The SMILES string of the molecule is CSC(C)CNS(=O)(=O)c1ccc(C#CCCO)cc1. The highest BCUT2D eigenvalue weighted by atomic mass is 32.2. The van der Waals surface area contributed by atoms with Crippen LogP contribution in [-0.4, -0.2) is 38.2 Å². The van der Waals surface area contributed by atoms with Crippen LogP contribution >= 0.6 is 11.8 Å². The maximum Gasteiger partial charge on any atom is 0.240 e. The van der Waals surface area contributed by atoms with Crippen molar-refractivity contribution >= 4 is 21.8 Å². The third-order valence-electron chi connectivity index (χ3n) is 2.60. The zero-order chi connectivity index (χ0) is 15.0. The molecule has 1 aromatic rings. The van der Waals surface area contributed by atoms with Gasteiger partial charge < -0.3 is 5.11 Å². The van der Waals surface area contributed by atoms with E-state index in [-0.39, 0.29) is 16.8 Å². The van der Waals surface area contributed by atoms with Gasteiger partial charge in [-0.1, -0.05) is 18.8 Å². The van der Waals surface area contributed by atoms with Crippen molar-refractivity contribution in [1.29, 1.82) is 0 Å². The monoisotopic (exact) mass is 313 g/mol. The van der Waals surface area contributed by atoms with Crippen LogP contribution in [0.4, 0.5) is 0 Å². The van der Waals surface area contributed by atoms with E-state index in [0.717, 1.165) is 5.56 Å². The molecule has 0 radical (unpaired) electrons. The molecule has 0 aliphatic carbocycles. The highest BCUT2D eigenvalue weighted by Gasteiger charge is 2.14. The molecule has 1 atom stereocenters. The average Bonchev–Trinajstić information content (AvgIpc) is 2.45. The van der Waals surface area contributed by atoms with Crippen LogP contribution in [0, 0.1) is 11.8 Å². The molecule has 1 rings (SSSR count). The summed E-state index contributed by atoms with van der Waals surface area (Å²) in [4.78, 5) is 0.235. The third kappa shape index (κ3) is 5.55. The Kier molecular flexibility index (Phi) is 7.10. The summed E-state index contributed by atoms with van der Waals surface area (Å²) in [5.41, 5.74) is 0.731. The van der Waals surface area contributed by atoms with Crippen molar-refractivity contribution in [2.75, 3.05) is 19.4 Å². The van der Waals surface area contributed by atoms with Crippen LogP contribution in [0.1, 0.15) is 18.9 Å². The highest BCUT2D eigenvalue weighted by Crippen LogP contribution is 2.11. The molecule has 0 bridgehead atoms. The van der Waals surface area contributed by atoms with Gasteiger partial charge in [-0.25, -0.2) is 13.1 Å². The molecule has 4 nitrogen and oxygen atoms in total. The first-order valence-corrected chi connectivity index (χ1v) is 8.99. The molecule has 20 heavy (non-hydrogen) atoms. The molecule has 1 unspecified atom stereocenters. The fraction of sp³-hybridized carbons (Fsp3) is 0.429. The molecule has 0 spiro atoms. The fourth-order valence-corrected chi connectivity index (χ4v) is 2.82. The first-order chi connectivity index (χ1) is 9.49. The van der Waals surface area contributed by atoms with Crippen LogP contribution in [0.2, 0.25) is 0 Å². The minimum absolute atomic E-state index is 0.0248. The second-order valence-corrected chi connectivity index (χ2v) is 7.24. The molecule has 110 valence electrons.